The molecule has 5 heteroatoms. The minimum atomic E-state index is -0.138. The van der Waals surface area contributed by atoms with Gasteiger partial charge in [-0.2, -0.15) is 0 Å². The molecule has 1 saturated heterocycles. The summed E-state index contributed by atoms with van der Waals surface area (Å²) in [5.41, 5.74) is 1.35. The first kappa shape index (κ1) is 10.4. The number of imidazole rings is 1. The lowest BCUT2D eigenvalue weighted by Crippen LogP contribution is -2.28. The molecular formula is C12H14N2O3. The van der Waals surface area contributed by atoms with Crippen molar-refractivity contribution in [2.75, 3.05) is 13.2 Å². The minimum Gasteiger partial charge on any atom is -0.508 e. The number of phenolic OH excluding ortho intramolecular Hbond substituents is 1. The van der Waals surface area contributed by atoms with Gasteiger partial charge in [0, 0.05) is 12.7 Å². The molecule has 90 valence electrons. The van der Waals surface area contributed by atoms with Crippen LogP contribution in [0.15, 0.2) is 23.0 Å². The largest absolute Gasteiger partial charge is 0.508 e. The van der Waals surface area contributed by atoms with Gasteiger partial charge in [0.15, 0.2) is 0 Å². The summed E-state index contributed by atoms with van der Waals surface area (Å²) in [6, 6.07) is 4.96. The number of benzene rings is 1. The van der Waals surface area contributed by atoms with Gasteiger partial charge in [-0.15, -0.1) is 0 Å². The van der Waals surface area contributed by atoms with Crippen molar-refractivity contribution >= 4 is 11.0 Å². The molecule has 2 heterocycles. The molecular weight excluding hydrogens is 220 g/mol. The first-order valence-corrected chi connectivity index (χ1v) is 5.77. The maximum absolute atomic E-state index is 11.9. The van der Waals surface area contributed by atoms with Crippen LogP contribution < -0.4 is 5.69 Å². The van der Waals surface area contributed by atoms with E-state index >= 15 is 0 Å². The van der Waals surface area contributed by atoms with Gasteiger partial charge in [-0.1, -0.05) is 0 Å². The summed E-state index contributed by atoms with van der Waals surface area (Å²) in [5.74, 6) is 0.168. The SMILES string of the molecule is O=c1[nH]c2ccc(O)cc2n1C1CCCOC1. The van der Waals surface area contributed by atoms with Gasteiger partial charge in [0.05, 0.1) is 23.7 Å². The van der Waals surface area contributed by atoms with E-state index in [1.165, 1.54) is 0 Å². The summed E-state index contributed by atoms with van der Waals surface area (Å²) in [6.45, 7) is 1.32. The first-order chi connectivity index (χ1) is 8.25. The van der Waals surface area contributed by atoms with Crippen molar-refractivity contribution in [1.29, 1.82) is 0 Å². The van der Waals surface area contributed by atoms with Gasteiger partial charge >= 0.3 is 5.69 Å². The van der Waals surface area contributed by atoms with Gasteiger partial charge in [-0.05, 0) is 25.0 Å². The van der Waals surface area contributed by atoms with Gasteiger partial charge < -0.3 is 14.8 Å². The number of H-pyrrole nitrogens is 1. The van der Waals surface area contributed by atoms with Crippen LogP contribution in [0.1, 0.15) is 18.9 Å². The summed E-state index contributed by atoms with van der Waals surface area (Å²) in [4.78, 5) is 14.7. The molecule has 0 saturated carbocycles. The van der Waals surface area contributed by atoms with Crippen LogP contribution >= 0.6 is 0 Å². The highest BCUT2D eigenvalue weighted by atomic mass is 16.5. The smallest absolute Gasteiger partial charge is 0.326 e. The van der Waals surface area contributed by atoms with Crippen molar-refractivity contribution < 1.29 is 9.84 Å². The Kier molecular flexibility index (Phi) is 2.40. The molecule has 1 fully saturated rings. The number of nitrogens with zero attached hydrogens (tertiary/aromatic N) is 1. The molecule has 0 bridgehead atoms. The fourth-order valence-electron chi connectivity index (χ4n) is 2.40. The van der Waals surface area contributed by atoms with Gasteiger partial charge in [0.25, 0.3) is 0 Å². The van der Waals surface area contributed by atoms with Crippen LogP contribution in [0.2, 0.25) is 0 Å². The molecule has 2 N–H and O–H groups in total. The molecule has 1 unspecified atom stereocenters. The molecule has 1 aromatic carbocycles. The number of aromatic hydroxyl groups is 1. The maximum atomic E-state index is 11.9. The molecule has 0 radical (unpaired) electrons. The highest BCUT2D eigenvalue weighted by molar-refractivity contribution is 5.77. The predicted molar refractivity (Wildman–Crippen MR) is 63.3 cm³/mol. The number of hydrogen-bond acceptors (Lipinski definition) is 3. The molecule has 17 heavy (non-hydrogen) atoms. The maximum Gasteiger partial charge on any atom is 0.326 e. The number of aromatic amines is 1. The minimum absolute atomic E-state index is 0.0619. The van der Waals surface area contributed by atoms with Crippen LogP contribution in [0.5, 0.6) is 5.75 Å². The van der Waals surface area contributed by atoms with Gasteiger partial charge in [0.2, 0.25) is 0 Å². The number of rotatable bonds is 1. The second kappa shape index (κ2) is 3.92. The third-order valence-corrected chi connectivity index (χ3v) is 3.20. The van der Waals surface area contributed by atoms with E-state index in [1.807, 2.05) is 0 Å². The Morgan fingerprint density at radius 1 is 1.47 bits per heavy atom. The Bertz CT molecular complexity index is 593. The zero-order valence-electron chi connectivity index (χ0n) is 9.35. The molecule has 0 aliphatic carbocycles. The molecule has 3 rings (SSSR count). The summed E-state index contributed by atoms with van der Waals surface area (Å²) >= 11 is 0. The van der Waals surface area contributed by atoms with Crippen molar-refractivity contribution in [3.63, 3.8) is 0 Å². The lowest BCUT2D eigenvalue weighted by molar-refractivity contribution is 0.0594. The molecule has 1 aromatic heterocycles. The Hall–Kier alpha value is -1.75. The zero-order valence-corrected chi connectivity index (χ0v) is 9.35. The number of phenols is 1. The van der Waals surface area contributed by atoms with Crippen LogP contribution in [-0.4, -0.2) is 27.9 Å². The number of hydrogen-bond donors (Lipinski definition) is 2. The molecule has 0 amide bonds. The quantitative estimate of drug-likeness (QED) is 0.783. The van der Waals surface area contributed by atoms with Crippen LogP contribution in [-0.2, 0) is 4.74 Å². The molecule has 1 aliphatic rings. The second-order valence-corrected chi connectivity index (χ2v) is 4.37. The monoisotopic (exact) mass is 234 g/mol. The highest BCUT2D eigenvalue weighted by Gasteiger charge is 2.20. The summed E-state index contributed by atoms with van der Waals surface area (Å²) in [6.07, 6.45) is 1.89. The van der Waals surface area contributed by atoms with Crippen molar-refractivity contribution in [2.24, 2.45) is 0 Å². The number of nitrogens with one attached hydrogen (secondary N) is 1. The Balaban J connectivity index is 2.16. The van der Waals surface area contributed by atoms with Crippen molar-refractivity contribution in [2.45, 2.75) is 18.9 Å². The number of aromatic nitrogens is 2. The molecule has 1 aliphatic heterocycles. The average Bonchev–Trinajstić information content (AvgIpc) is 2.65. The van der Waals surface area contributed by atoms with Gasteiger partial charge in [-0.3, -0.25) is 4.57 Å². The van der Waals surface area contributed by atoms with Gasteiger partial charge in [0.1, 0.15) is 5.75 Å². The molecule has 5 nitrogen and oxygen atoms in total. The lowest BCUT2D eigenvalue weighted by Gasteiger charge is -2.23. The molecule has 1 atom stereocenters. The first-order valence-electron chi connectivity index (χ1n) is 5.77. The van der Waals surface area contributed by atoms with E-state index in [4.69, 9.17) is 4.74 Å². The number of ether oxygens (including phenoxy) is 1. The van der Waals surface area contributed by atoms with Crippen LogP contribution in [0.3, 0.4) is 0 Å². The normalized spacial score (nSPS) is 20.8. The topological polar surface area (TPSA) is 67.2 Å². The van der Waals surface area contributed by atoms with E-state index in [9.17, 15) is 9.90 Å². The third-order valence-electron chi connectivity index (χ3n) is 3.20. The van der Waals surface area contributed by atoms with Crippen molar-refractivity contribution in [3.05, 3.63) is 28.7 Å². The zero-order chi connectivity index (χ0) is 11.8. The number of fused-ring (bicyclic) bond motifs is 1. The van der Waals surface area contributed by atoms with E-state index in [-0.39, 0.29) is 17.5 Å². The van der Waals surface area contributed by atoms with E-state index < -0.39 is 0 Å². The summed E-state index contributed by atoms with van der Waals surface area (Å²) in [7, 11) is 0. The lowest BCUT2D eigenvalue weighted by atomic mass is 10.1. The van der Waals surface area contributed by atoms with Crippen LogP contribution in [0, 0.1) is 0 Å². The second-order valence-electron chi connectivity index (χ2n) is 4.37. The average molecular weight is 234 g/mol. The summed E-state index contributed by atoms with van der Waals surface area (Å²) in [5, 5.41) is 9.50. The Labute approximate surface area is 97.6 Å². The van der Waals surface area contributed by atoms with Crippen molar-refractivity contribution in [3.8, 4) is 5.75 Å². The van der Waals surface area contributed by atoms with Crippen LogP contribution in [0.4, 0.5) is 0 Å². The highest BCUT2D eigenvalue weighted by Crippen LogP contribution is 2.24. The van der Waals surface area contributed by atoms with E-state index in [0.29, 0.717) is 6.61 Å². The summed E-state index contributed by atoms with van der Waals surface area (Å²) < 4.78 is 7.09. The molecule has 0 spiro atoms. The van der Waals surface area contributed by atoms with E-state index in [0.717, 1.165) is 30.5 Å². The van der Waals surface area contributed by atoms with Gasteiger partial charge in [-0.25, -0.2) is 4.79 Å². The van der Waals surface area contributed by atoms with E-state index in [1.54, 1.807) is 22.8 Å². The molecule has 2 aromatic rings. The third kappa shape index (κ3) is 1.72. The Morgan fingerprint density at radius 3 is 3.12 bits per heavy atom. The Morgan fingerprint density at radius 2 is 2.35 bits per heavy atom. The predicted octanol–water partition coefficient (Wildman–Crippen LogP) is 1.39. The standard InChI is InChI=1S/C12H14N2O3/c15-9-3-4-10-11(6-9)14(12(16)13-10)8-2-1-5-17-7-8/h3-4,6,8,15H,1-2,5,7H2,(H,13,16). The fraction of sp³-hybridized carbons (Fsp3) is 0.417. The van der Waals surface area contributed by atoms with Crippen LogP contribution in [0.25, 0.3) is 11.0 Å². The van der Waals surface area contributed by atoms with E-state index in [2.05, 4.69) is 4.98 Å². The van der Waals surface area contributed by atoms with Crippen molar-refractivity contribution in [1.82, 2.24) is 9.55 Å². The fourth-order valence-corrected chi connectivity index (χ4v) is 2.40.